The molecule has 3 fully saturated rings. The number of hydrogen-bond acceptors (Lipinski definition) is 6. The highest BCUT2D eigenvalue weighted by Crippen LogP contribution is 2.40. The molecule has 0 radical (unpaired) electrons. The van der Waals surface area contributed by atoms with Gasteiger partial charge >= 0.3 is 6.01 Å². The molecule has 0 saturated carbocycles. The third-order valence-electron chi connectivity index (χ3n) is 6.66. The van der Waals surface area contributed by atoms with Crippen molar-refractivity contribution in [2.24, 2.45) is 5.92 Å². The lowest BCUT2D eigenvalue weighted by molar-refractivity contribution is -0.119. The van der Waals surface area contributed by atoms with E-state index in [0.29, 0.717) is 51.7 Å². The van der Waals surface area contributed by atoms with Crippen LogP contribution in [0.1, 0.15) is 25.7 Å². The maximum atomic E-state index is 15.1. The number of amides is 1. The molecule has 0 spiro atoms. The number of alkyl halides is 1. The lowest BCUT2D eigenvalue weighted by atomic mass is 9.95. The highest BCUT2D eigenvalue weighted by Gasteiger charge is 2.49. The van der Waals surface area contributed by atoms with Crippen LogP contribution in [0.5, 0.6) is 6.01 Å². The first-order chi connectivity index (χ1) is 15.3. The first-order valence-electron chi connectivity index (χ1n) is 10.7. The van der Waals surface area contributed by atoms with Gasteiger partial charge in [0.2, 0.25) is 5.91 Å². The Bertz CT molecular complexity index is 1080. The van der Waals surface area contributed by atoms with E-state index >= 15 is 4.39 Å². The van der Waals surface area contributed by atoms with Crippen LogP contribution in [0, 0.1) is 15.3 Å². The average Bonchev–Trinajstić information content (AvgIpc) is 3.43. The van der Waals surface area contributed by atoms with Gasteiger partial charge in [-0.2, -0.15) is 9.97 Å². The van der Waals surface area contributed by atoms with E-state index in [1.807, 2.05) is 6.07 Å². The molecule has 32 heavy (non-hydrogen) atoms. The number of aromatic nitrogens is 2. The summed E-state index contributed by atoms with van der Waals surface area (Å²) < 4.78 is 36.2. The number of carbonyl (C=O) groups is 1. The standard InChI is InChI=1S/C21H23BrF2IN5O2/c22-16-14(25)5-13-18(17(16)24)28-20(29-19(13)27-8-11-4-15(31)26-7-11)32-10-21-2-1-3-30(21)9-12(23)6-21/h5,11-12H,1-4,6-10H2,(H,26,31)(H,27,28,29)/t11?,12-,21+/m1/s1. The fourth-order valence-electron chi connectivity index (χ4n) is 5.05. The molecule has 172 valence electrons. The van der Waals surface area contributed by atoms with Crippen LogP contribution in [0.2, 0.25) is 0 Å². The molecule has 4 heterocycles. The van der Waals surface area contributed by atoms with E-state index in [-0.39, 0.29) is 35.5 Å². The van der Waals surface area contributed by atoms with Crippen molar-refractivity contribution in [2.45, 2.75) is 37.4 Å². The Morgan fingerprint density at radius 3 is 3.06 bits per heavy atom. The Morgan fingerprint density at radius 1 is 1.44 bits per heavy atom. The van der Waals surface area contributed by atoms with E-state index in [0.717, 1.165) is 19.4 Å². The maximum Gasteiger partial charge on any atom is 0.319 e. The first-order valence-corrected chi connectivity index (χ1v) is 12.6. The molecule has 3 atom stereocenters. The fourth-order valence-corrected chi connectivity index (χ4v) is 5.90. The summed E-state index contributed by atoms with van der Waals surface area (Å²) >= 11 is 5.34. The zero-order chi connectivity index (χ0) is 22.5. The zero-order valence-electron chi connectivity index (χ0n) is 17.3. The van der Waals surface area contributed by atoms with Crippen LogP contribution in [-0.2, 0) is 4.79 Å². The van der Waals surface area contributed by atoms with Crippen molar-refractivity contribution in [1.82, 2.24) is 20.2 Å². The van der Waals surface area contributed by atoms with E-state index < -0.39 is 12.0 Å². The predicted octanol–water partition coefficient (Wildman–Crippen LogP) is 3.64. The van der Waals surface area contributed by atoms with Crippen LogP contribution in [-0.4, -0.2) is 65.3 Å². The molecule has 3 aliphatic rings. The number of ether oxygens (including phenoxy) is 1. The van der Waals surface area contributed by atoms with Crippen LogP contribution in [0.3, 0.4) is 0 Å². The van der Waals surface area contributed by atoms with E-state index in [1.54, 1.807) is 0 Å². The molecule has 0 aliphatic carbocycles. The Hall–Kier alpha value is -1.34. The first kappa shape index (κ1) is 22.5. The Kier molecular flexibility index (Phi) is 6.16. The summed E-state index contributed by atoms with van der Waals surface area (Å²) in [7, 11) is 0. The molecular weight excluding hydrogens is 599 g/mol. The fraction of sp³-hybridized carbons (Fsp3) is 0.571. The van der Waals surface area contributed by atoms with Gasteiger partial charge in [-0.3, -0.25) is 9.69 Å². The largest absolute Gasteiger partial charge is 0.461 e. The molecule has 2 aromatic rings. The number of anilines is 1. The number of halogens is 4. The summed E-state index contributed by atoms with van der Waals surface area (Å²) in [5, 5.41) is 6.63. The van der Waals surface area contributed by atoms with Crippen LogP contribution < -0.4 is 15.4 Å². The lowest BCUT2D eigenvalue weighted by Crippen LogP contribution is -2.43. The molecule has 11 heteroatoms. The van der Waals surface area contributed by atoms with Crippen molar-refractivity contribution in [3.63, 3.8) is 0 Å². The number of benzene rings is 1. The lowest BCUT2D eigenvalue weighted by Gasteiger charge is -2.30. The average molecular weight is 622 g/mol. The summed E-state index contributed by atoms with van der Waals surface area (Å²) in [6.45, 7) is 2.68. The summed E-state index contributed by atoms with van der Waals surface area (Å²) in [6, 6.07) is 1.88. The van der Waals surface area contributed by atoms with Crippen molar-refractivity contribution < 1.29 is 18.3 Å². The molecule has 1 amide bonds. The zero-order valence-corrected chi connectivity index (χ0v) is 21.0. The van der Waals surface area contributed by atoms with Crippen molar-refractivity contribution >= 4 is 61.1 Å². The molecule has 1 aromatic carbocycles. The van der Waals surface area contributed by atoms with Crippen LogP contribution >= 0.6 is 38.5 Å². The summed E-state index contributed by atoms with van der Waals surface area (Å²) in [6.07, 6.45) is 1.90. The number of rotatable bonds is 6. The highest BCUT2D eigenvalue weighted by atomic mass is 127. The van der Waals surface area contributed by atoms with Gasteiger partial charge in [0.15, 0.2) is 5.82 Å². The summed E-state index contributed by atoms with van der Waals surface area (Å²) in [4.78, 5) is 22.6. The van der Waals surface area contributed by atoms with Crippen molar-refractivity contribution in [2.75, 3.05) is 38.1 Å². The molecule has 5 rings (SSSR count). The molecule has 3 saturated heterocycles. The monoisotopic (exact) mass is 621 g/mol. The van der Waals surface area contributed by atoms with Crippen molar-refractivity contribution in [3.8, 4) is 6.01 Å². The minimum atomic E-state index is -0.855. The number of hydrogen-bond donors (Lipinski definition) is 2. The Balaban J connectivity index is 1.44. The quantitative estimate of drug-likeness (QED) is 0.379. The Morgan fingerprint density at radius 2 is 2.28 bits per heavy atom. The maximum absolute atomic E-state index is 15.1. The summed E-state index contributed by atoms with van der Waals surface area (Å²) in [5.74, 6) is 0.137. The number of nitrogens with zero attached hydrogens (tertiary/aromatic N) is 3. The molecule has 3 aliphatic heterocycles. The highest BCUT2D eigenvalue weighted by molar-refractivity contribution is 14.1. The van der Waals surface area contributed by atoms with Gasteiger partial charge < -0.3 is 15.4 Å². The van der Waals surface area contributed by atoms with Gasteiger partial charge in [0.25, 0.3) is 0 Å². The minimum Gasteiger partial charge on any atom is -0.461 e. The van der Waals surface area contributed by atoms with E-state index in [1.165, 1.54) is 0 Å². The third-order valence-corrected chi connectivity index (χ3v) is 9.02. The number of carbonyl (C=O) groups excluding carboxylic acids is 1. The second-order valence-electron chi connectivity index (χ2n) is 8.86. The van der Waals surface area contributed by atoms with Gasteiger partial charge in [-0.15, -0.1) is 0 Å². The van der Waals surface area contributed by atoms with Crippen LogP contribution in [0.4, 0.5) is 14.6 Å². The second kappa shape index (κ2) is 8.79. The molecule has 7 nitrogen and oxygen atoms in total. The van der Waals surface area contributed by atoms with Crippen molar-refractivity contribution in [3.05, 3.63) is 19.9 Å². The smallest absolute Gasteiger partial charge is 0.319 e. The summed E-state index contributed by atoms with van der Waals surface area (Å²) in [5.41, 5.74) is -0.187. The van der Waals surface area contributed by atoms with Crippen LogP contribution in [0.25, 0.3) is 10.9 Å². The van der Waals surface area contributed by atoms with E-state index in [9.17, 15) is 9.18 Å². The van der Waals surface area contributed by atoms with Gasteiger partial charge in [0, 0.05) is 47.4 Å². The van der Waals surface area contributed by atoms with Gasteiger partial charge in [-0.1, -0.05) is 0 Å². The van der Waals surface area contributed by atoms with Gasteiger partial charge in [0.1, 0.15) is 24.1 Å². The predicted molar refractivity (Wildman–Crippen MR) is 128 cm³/mol. The SMILES string of the molecule is O=C1CC(CNc2nc(OC[C@@]34CCCN3C[C@H](F)C4)nc3c(F)c(Br)c(I)cc23)CN1. The van der Waals surface area contributed by atoms with Crippen LogP contribution in [0.15, 0.2) is 10.5 Å². The van der Waals surface area contributed by atoms with Gasteiger partial charge in [0.05, 0.1) is 10.0 Å². The normalized spacial score (nSPS) is 27.7. The van der Waals surface area contributed by atoms with Gasteiger partial charge in [-0.05, 0) is 64.0 Å². The topological polar surface area (TPSA) is 79.4 Å². The van der Waals surface area contributed by atoms with E-state index in [4.69, 9.17) is 4.74 Å². The molecule has 0 bridgehead atoms. The third kappa shape index (κ3) is 4.15. The molecule has 2 N–H and O–H groups in total. The van der Waals surface area contributed by atoms with E-state index in [2.05, 4.69) is 64.0 Å². The van der Waals surface area contributed by atoms with Gasteiger partial charge in [-0.25, -0.2) is 8.78 Å². The Labute approximate surface area is 206 Å². The number of fused-ring (bicyclic) bond motifs is 2. The minimum absolute atomic E-state index is 0.0287. The van der Waals surface area contributed by atoms with Crippen molar-refractivity contribution in [1.29, 1.82) is 0 Å². The number of nitrogens with one attached hydrogen (secondary N) is 2. The molecule has 1 aromatic heterocycles. The molecule has 1 unspecified atom stereocenters. The second-order valence-corrected chi connectivity index (χ2v) is 10.8. The molecular formula is C21H23BrF2IN5O2.